The monoisotopic (exact) mass is 265 g/mol. The van der Waals surface area contributed by atoms with Crippen molar-refractivity contribution in [2.24, 2.45) is 5.73 Å². The number of aromatic nitrogens is 2. The summed E-state index contributed by atoms with van der Waals surface area (Å²) >= 11 is 0. The van der Waals surface area contributed by atoms with Gasteiger partial charge >= 0.3 is 0 Å². The van der Waals surface area contributed by atoms with Crippen LogP contribution in [0.2, 0.25) is 0 Å². The fourth-order valence-corrected chi connectivity index (χ4v) is 1.64. The topological polar surface area (TPSA) is 74.2 Å². The number of aryl methyl sites for hydroxylation is 1. The highest BCUT2D eigenvalue weighted by molar-refractivity contribution is 5.36. The molecule has 2 rings (SSSR count). The predicted molar refractivity (Wildman–Crippen MR) is 67.0 cm³/mol. The number of hydrogen-bond donors (Lipinski definition) is 1. The Bertz CT molecular complexity index is 555. The number of ether oxygens (including phenoxy) is 1. The largest absolute Gasteiger partial charge is 0.483 e. The fourth-order valence-electron chi connectivity index (χ4n) is 1.64. The van der Waals surface area contributed by atoms with E-state index in [-0.39, 0.29) is 18.5 Å². The molecule has 19 heavy (non-hydrogen) atoms. The van der Waals surface area contributed by atoms with Gasteiger partial charge in [-0.3, -0.25) is 0 Å². The van der Waals surface area contributed by atoms with Gasteiger partial charge in [0.25, 0.3) is 5.89 Å². The van der Waals surface area contributed by atoms with Crippen molar-refractivity contribution in [2.75, 3.05) is 0 Å². The Morgan fingerprint density at radius 2 is 2.26 bits per heavy atom. The summed E-state index contributed by atoms with van der Waals surface area (Å²) < 4.78 is 23.7. The molecule has 1 aromatic heterocycles. The Kier molecular flexibility index (Phi) is 4.11. The minimum absolute atomic E-state index is 0.137. The highest BCUT2D eigenvalue weighted by Crippen LogP contribution is 2.25. The van der Waals surface area contributed by atoms with E-state index in [1.54, 1.807) is 13.0 Å². The summed E-state index contributed by atoms with van der Waals surface area (Å²) in [5, 5.41) is 3.77. The van der Waals surface area contributed by atoms with Gasteiger partial charge in [0.15, 0.2) is 12.4 Å². The molecule has 5 nitrogen and oxygen atoms in total. The molecule has 0 spiro atoms. The summed E-state index contributed by atoms with van der Waals surface area (Å²) in [6.07, 6.45) is 0.700. The van der Waals surface area contributed by atoms with Gasteiger partial charge in [0.2, 0.25) is 0 Å². The number of nitrogens with zero attached hydrogens (tertiary/aromatic N) is 2. The van der Waals surface area contributed by atoms with E-state index in [4.69, 9.17) is 15.0 Å². The minimum Gasteiger partial charge on any atom is -0.483 e. The number of rotatable bonds is 5. The summed E-state index contributed by atoms with van der Waals surface area (Å²) in [6.45, 7) is 3.84. The Balaban J connectivity index is 2.10. The highest BCUT2D eigenvalue weighted by atomic mass is 19.1. The van der Waals surface area contributed by atoms with Crippen LogP contribution in [-0.2, 0) is 13.0 Å². The van der Waals surface area contributed by atoms with E-state index in [9.17, 15) is 4.39 Å². The Labute approximate surface area is 110 Å². The molecule has 1 heterocycles. The maximum atomic E-state index is 13.2. The molecule has 0 saturated carbocycles. The Morgan fingerprint density at radius 1 is 1.47 bits per heavy atom. The number of benzene rings is 1. The standard InChI is InChI=1S/C13H16FN3O2/c1-3-12-16-13(19-17-12)7-18-11-5-4-9(14)6-10(11)8(2)15/h4-6,8H,3,7,15H2,1-2H3/t8-/m0/s1. The van der Waals surface area contributed by atoms with Crippen LogP contribution in [0.5, 0.6) is 5.75 Å². The minimum atomic E-state index is -0.342. The molecular formula is C13H16FN3O2. The first-order valence-electron chi connectivity index (χ1n) is 6.09. The molecule has 1 atom stereocenters. The quantitative estimate of drug-likeness (QED) is 0.898. The van der Waals surface area contributed by atoms with Crippen LogP contribution in [0.1, 0.15) is 37.2 Å². The second kappa shape index (κ2) is 5.79. The summed E-state index contributed by atoms with van der Waals surface area (Å²) in [7, 11) is 0. The van der Waals surface area contributed by atoms with Gasteiger partial charge in [-0.2, -0.15) is 4.98 Å². The van der Waals surface area contributed by atoms with Crippen molar-refractivity contribution in [3.8, 4) is 5.75 Å². The van der Waals surface area contributed by atoms with E-state index in [2.05, 4.69) is 10.1 Å². The number of halogens is 1. The van der Waals surface area contributed by atoms with E-state index < -0.39 is 0 Å². The fraction of sp³-hybridized carbons (Fsp3) is 0.385. The maximum Gasteiger partial charge on any atom is 0.264 e. The Hall–Kier alpha value is -1.95. The first-order valence-corrected chi connectivity index (χ1v) is 6.09. The van der Waals surface area contributed by atoms with E-state index in [1.165, 1.54) is 12.1 Å². The second-order valence-electron chi connectivity index (χ2n) is 4.22. The van der Waals surface area contributed by atoms with Crippen LogP contribution in [0.4, 0.5) is 4.39 Å². The number of hydrogen-bond acceptors (Lipinski definition) is 5. The molecule has 2 aromatic rings. The zero-order valence-corrected chi connectivity index (χ0v) is 10.9. The van der Waals surface area contributed by atoms with Gasteiger partial charge in [-0.1, -0.05) is 12.1 Å². The van der Waals surface area contributed by atoms with Gasteiger partial charge in [-0.25, -0.2) is 4.39 Å². The van der Waals surface area contributed by atoms with Crippen molar-refractivity contribution < 1.29 is 13.7 Å². The molecule has 0 radical (unpaired) electrons. The average molecular weight is 265 g/mol. The van der Waals surface area contributed by atoms with Crippen LogP contribution in [-0.4, -0.2) is 10.1 Å². The van der Waals surface area contributed by atoms with Gasteiger partial charge in [0.05, 0.1) is 0 Å². The van der Waals surface area contributed by atoms with Crippen molar-refractivity contribution in [3.05, 3.63) is 41.3 Å². The molecule has 102 valence electrons. The van der Waals surface area contributed by atoms with E-state index >= 15 is 0 Å². The van der Waals surface area contributed by atoms with Crippen molar-refractivity contribution in [1.82, 2.24) is 10.1 Å². The normalized spacial score (nSPS) is 12.4. The molecule has 6 heteroatoms. The highest BCUT2D eigenvalue weighted by Gasteiger charge is 2.11. The molecule has 0 aliphatic rings. The molecule has 2 N–H and O–H groups in total. The molecule has 1 aromatic carbocycles. The van der Waals surface area contributed by atoms with Gasteiger partial charge in [-0.05, 0) is 25.1 Å². The molecule has 0 fully saturated rings. The summed E-state index contributed by atoms with van der Waals surface area (Å²) in [4.78, 5) is 4.13. The maximum absolute atomic E-state index is 13.2. The molecule has 0 aliphatic heterocycles. The lowest BCUT2D eigenvalue weighted by Gasteiger charge is -2.12. The van der Waals surface area contributed by atoms with Crippen LogP contribution in [0, 0.1) is 5.82 Å². The van der Waals surface area contributed by atoms with Gasteiger partial charge in [0.1, 0.15) is 11.6 Å². The smallest absolute Gasteiger partial charge is 0.264 e. The van der Waals surface area contributed by atoms with Crippen molar-refractivity contribution in [2.45, 2.75) is 32.9 Å². The lowest BCUT2D eigenvalue weighted by atomic mass is 10.1. The third-order valence-corrected chi connectivity index (χ3v) is 2.64. The van der Waals surface area contributed by atoms with Crippen LogP contribution in [0.25, 0.3) is 0 Å². The zero-order valence-electron chi connectivity index (χ0n) is 10.9. The predicted octanol–water partition coefficient (Wildman–Crippen LogP) is 2.37. The van der Waals surface area contributed by atoms with Crippen molar-refractivity contribution in [1.29, 1.82) is 0 Å². The lowest BCUT2D eigenvalue weighted by molar-refractivity contribution is 0.239. The SMILES string of the molecule is CCc1noc(COc2ccc(F)cc2[C@H](C)N)n1. The van der Waals surface area contributed by atoms with Crippen LogP contribution >= 0.6 is 0 Å². The van der Waals surface area contributed by atoms with Crippen molar-refractivity contribution >= 4 is 0 Å². The molecule has 0 bridgehead atoms. The average Bonchev–Trinajstić information content (AvgIpc) is 2.85. The van der Waals surface area contributed by atoms with Crippen molar-refractivity contribution in [3.63, 3.8) is 0 Å². The molecule has 0 unspecified atom stereocenters. The van der Waals surface area contributed by atoms with Crippen LogP contribution in [0.15, 0.2) is 22.7 Å². The Morgan fingerprint density at radius 3 is 2.89 bits per heavy atom. The third kappa shape index (κ3) is 3.29. The molecule has 0 saturated heterocycles. The lowest BCUT2D eigenvalue weighted by Crippen LogP contribution is -2.08. The molecule has 0 amide bonds. The summed E-state index contributed by atoms with van der Waals surface area (Å²) in [5.41, 5.74) is 6.39. The van der Waals surface area contributed by atoms with Crippen LogP contribution < -0.4 is 10.5 Å². The van der Waals surface area contributed by atoms with Gasteiger partial charge < -0.3 is 15.0 Å². The molecular weight excluding hydrogens is 249 g/mol. The van der Waals surface area contributed by atoms with E-state index in [0.717, 1.165) is 0 Å². The third-order valence-electron chi connectivity index (χ3n) is 2.64. The summed E-state index contributed by atoms with van der Waals surface area (Å²) in [6, 6.07) is 3.92. The first kappa shape index (κ1) is 13.5. The van der Waals surface area contributed by atoms with Crippen LogP contribution in [0.3, 0.4) is 0 Å². The first-order chi connectivity index (χ1) is 9.10. The number of nitrogens with two attached hydrogens (primary N) is 1. The summed E-state index contributed by atoms with van der Waals surface area (Å²) in [5.74, 6) is 1.19. The van der Waals surface area contributed by atoms with Gasteiger partial charge in [-0.15, -0.1) is 0 Å². The molecule has 0 aliphatic carbocycles. The van der Waals surface area contributed by atoms with E-state index in [0.29, 0.717) is 29.4 Å². The van der Waals surface area contributed by atoms with E-state index in [1.807, 2.05) is 6.92 Å². The zero-order chi connectivity index (χ0) is 13.8. The van der Waals surface area contributed by atoms with Gasteiger partial charge in [0, 0.05) is 18.0 Å². The second-order valence-corrected chi connectivity index (χ2v) is 4.22.